The third-order valence-electron chi connectivity index (χ3n) is 1.76. The maximum atomic E-state index is 8.55. The van der Waals surface area contributed by atoms with E-state index in [1.54, 1.807) is 12.1 Å². The lowest BCUT2D eigenvalue weighted by Gasteiger charge is -2.00. The number of nitrogens with zero attached hydrogens (tertiary/aromatic N) is 2. The van der Waals surface area contributed by atoms with Gasteiger partial charge in [-0.05, 0) is 25.0 Å². The van der Waals surface area contributed by atoms with Crippen LogP contribution in [-0.2, 0) is 0 Å². The molecule has 72 valence electrons. The molecule has 0 bridgehead atoms. The van der Waals surface area contributed by atoms with E-state index in [2.05, 4.69) is 4.98 Å². The van der Waals surface area contributed by atoms with Gasteiger partial charge in [-0.3, -0.25) is 4.98 Å². The van der Waals surface area contributed by atoms with Gasteiger partial charge in [0.15, 0.2) is 0 Å². The quantitative estimate of drug-likeness (QED) is 0.609. The summed E-state index contributed by atoms with van der Waals surface area (Å²) in [6, 6.07) is 5.34. The largest absolute Gasteiger partial charge is 0.303 e. The van der Waals surface area contributed by atoms with Crippen molar-refractivity contribution in [1.29, 1.82) is 10.7 Å². The van der Waals surface area contributed by atoms with Gasteiger partial charge >= 0.3 is 0 Å². The van der Waals surface area contributed by atoms with Crippen molar-refractivity contribution in [1.82, 2.24) is 4.98 Å². The van der Waals surface area contributed by atoms with E-state index in [1.165, 1.54) is 6.20 Å². The van der Waals surface area contributed by atoms with Gasteiger partial charge in [0.1, 0.15) is 6.07 Å². The minimum absolute atomic E-state index is 0.468. The minimum Gasteiger partial charge on any atom is -0.303 e. The fourth-order valence-electron chi connectivity index (χ4n) is 1.01. The molecule has 1 aromatic heterocycles. The number of halogens is 1. The predicted molar refractivity (Wildman–Crippen MR) is 55.7 cm³/mol. The first-order valence-electron chi connectivity index (χ1n) is 4.28. The highest BCUT2D eigenvalue weighted by atomic mass is 35.5. The molecule has 4 heteroatoms. The Labute approximate surface area is 87.9 Å². The van der Waals surface area contributed by atoms with Crippen LogP contribution in [0.2, 0.25) is 0 Å². The van der Waals surface area contributed by atoms with Crippen LogP contribution in [0.3, 0.4) is 0 Å². The average molecular weight is 208 g/mol. The molecule has 0 amide bonds. The molecular formula is C10H10ClN3. The van der Waals surface area contributed by atoms with Crippen molar-refractivity contribution in [3.05, 3.63) is 29.6 Å². The molecule has 0 saturated heterocycles. The zero-order chi connectivity index (χ0) is 10.4. The van der Waals surface area contributed by atoms with Gasteiger partial charge in [0.25, 0.3) is 0 Å². The molecule has 1 N–H and O–H groups in total. The number of aromatic nitrogens is 1. The molecule has 0 aliphatic heterocycles. The van der Waals surface area contributed by atoms with Gasteiger partial charge in [0, 0.05) is 12.1 Å². The van der Waals surface area contributed by atoms with Crippen LogP contribution in [0.25, 0.3) is 0 Å². The van der Waals surface area contributed by atoms with E-state index in [4.69, 9.17) is 22.3 Å². The second-order valence-corrected chi connectivity index (χ2v) is 3.19. The number of pyridine rings is 1. The van der Waals surface area contributed by atoms with Crippen LogP contribution in [0.1, 0.15) is 24.1 Å². The molecule has 3 nitrogen and oxygen atoms in total. The first kappa shape index (κ1) is 10.7. The summed E-state index contributed by atoms with van der Waals surface area (Å²) in [7, 11) is 0. The number of alkyl halides is 1. The first-order valence-corrected chi connectivity index (χ1v) is 4.81. The summed E-state index contributed by atoms with van der Waals surface area (Å²) in [6.45, 7) is 0. The van der Waals surface area contributed by atoms with Crippen molar-refractivity contribution in [2.24, 2.45) is 0 Å². The van der Waals surface area contributed by atoms with Crippen LogP contribution >= 0.6 is 11.6 Å². The Morgan fingerprint density at radius 2 is 2.36 bits per heavy atom. The van der Waals surface area contributed by atoms with Gasteiger partial charge in [-0.1, -0.05) is 0 Å². The number of hydrogen-bond acceptors (Lipinski definition) is 3. The van der Waals surface area contributed by atoms with Crippen LogP contribution in [0.5, 0.6) is 0 Å². The fourth-order valence-corrected chi connectivity index (χ4v) is 1.14. The molecule has 1 heterocycles. The number of hydrogen-bond donors (Lipinski definition) is 1. The highest BCUT2D eigenvalue weighted by molar-refractivity contribution is 6.18. The van der Waals surface area contributed by atoms with Gasteiger partial charge in [-0.15, -0.1) is 11.6 Å². The van der Waals surface area contributed by atoms with Gasteiger partial charge < -0.3 is 5.41 Å². The molecule has 0 aliphatic rings. The Kier molecular flexibility index (Phi) is 4.09. The van der Waals surface area contributed by atoms with Crippen molar-refractivity contribution in [3.63, 3.8) is 0 Å². The van der Waals surface area contributed by atoms with E-state index in [0.717, 1.165) is 6.42 Å². The van der Waals surface area contributed by atoms with E-state index in [1.807, 2.05) is 6.07 Å². The van der Waals surface area contributed by atoms with Crippen molar-refractivity contribution in [2.45, 2.75) is 12.8 Å². The summed E-state index contributed by atoms with van der Waals surface area (Å²) < 4.78 is 0. The average Bonchev–Trinajstić information content (AvgIpc) is 2.26. The summed E-state index contributed by atoms with van der Waals surface area (Å²) in [5.74, 6) is 0.554. The lowest BCUT2D eigenvalue weighted by Crippen LogP contribution is -2.02. The van der Waals surface area contributed by atoms with Gasteiger partial charge in [0.05, 0.1) is 17.0 Å². The first-order chi connectivity index (χ1) is 6.77. The molecule has 0 radical (unpaired) electrons. The minimum atomic E-state index is 0.468. The van der Waals surface area contributed by atoms with Gasteiger partial charge in [-0.25, -0.2) is 0 Å². The predicted octanol–water partition coefficient (Wildman–Crippen LogP) is 2.34. The number of rotatable bonds is 4. The number of nitriles is 1. The third-order valence-corrected chi connectivity index (χ3v) is 2.03. The molecule has 0 spiro atoms. The lowest BCUT2D eigenvalue weighted by molar-refractivity contribution is 0.987. The summed E-state index contributed by atoms with van der Waals surface area (Å²) in [6.07, 6.45) is 2.88. The zero-order valence-corrected chi connectivity index (χ0v) is 8.38. The SMILES string of the molecule is N#Cc1ccc(C(=N)CCCCl)nc1. The van der Waals surface area contributed by atoms with E-state index >= 15 is 0 Å². The molecule has 0 saturated carbocycles. The molecule has 0 aliphatic carbocycles. The lowest BCUT2D eigenvalue weighted by atomic mass is 10.1. The summed E-state index contributed by atoms with van der Waals surface area (Å²) in [5.41, 5.74) is 1.60. The standard InChI is InChI=1S/C10H10ClN3/c11-5-1-2-9(13)10-4-3-8(6-12)7-14-10/h3-4,7,13H,1-2,5H2. The maximum Gasteiger partial charge on any atom is 0.101 e. The van der Waals surface area contributed by atoms with Crippen molar-refractivity contribution in [2.75, 3.05) is 5.88 Å². The van der Waals surface area contributed by atoms with Crippen molar-refractivity contribution >= 4 is 17.3 Å². The van der Waals surface area contributed by atoms with Crippen molar-refractivity contribution in [3.8, 4) is 6.07 Å². The van der Waals surface area contributed by atoms with E-state index in [-0.39, 0.29) is 0 Å². The molecule has 0 atom stereocenters. The molecule has 0 unspecified atom stereocenters. The van der Waals surface area contributed by atoms with Crippen LogP contribution in [-0.4, -0.2) is 16.6 Å². The van der Waals surface area contributed by atoms with Crippen LogP contribution in [0.4, 0.5) is 0 Å². The number of nitrogens with one attached hydrogen (secondary N) is 1. The molecule has 0 fully saturated rings. The Bertz CT molecular complexity index is 351. The topological polar surface area (TPSA) is 60.5 Å². The van der Waals surface area contributed by atoms with E-state index < -0.39 is 0 Å². The fraction of sp³-hybridized carbons (Fsp3) is 0.300. The second-order valence-electron chi connectivity index (χ2n) is 2.82. The summed E-state index contributed by atoms with van der Waals surface area (Å²) >= 11 is 5.52. The van der Waals surface area contributed by atoms with Gasteiger partial charge in [0.2, 0.25) is 0 Å². The molecule has 14 heavy (non-hydrogen) atoms. The van der Waals surface area contributed by atoms with Gasteiger partial charge in [-0.2, -0.15) is 5.26 Å². The Balaban J connectivity index is 2.68. The van der Waals surface area contributed by atoms with Crippen LogP contribution in [0.15, 0.2) is 18.3 Å². The molecule has 1 aromatic rings. The highest BCUT2D eigenvalue weighted by Gasteiger charge is 2.02. The molecular weight excluding hydrogens is 198 g/mol. The summed E-state index contributed by atoms with van der Waals surface area (Å²) in [4.78, 5) is 4.01. The normalized spacial score (nSPS) is 9.43. The smallest absolute Gasteiger partial charge is 0.101 e. The second kappa shape index (κ2) is 5.36. The Hall–Kier alpha value is -1.40. The van der Waals surface area contributed by atoms with Crippen molar-refractivity contribution < 1.29 is 0 Å². The monoisotopic (exact) mass is 207 g/mol. The highest BCUT2D eigenvalue weighted by Crippen LogP contribution is 2.04. The van der Waals surface area contributed by atoms with E-state index in [9.17, 15) is 0 Å². The Morgan fingerprint density at radius 1 is 1.57 bits per heavy atom. The zero-order valence-electron chi connectivity index (χ0n) is 7.63. The Morgan fingerprint density at radius 3 is 2.86 bits per heavy atom. The maximum absolute atomic E-state index is 8.55. The molecule has 1 rings (SSSR count). The summed E-state index contributed by atoms with van der Waals surface area (Å²) in [5, 5.41) is 16.2. The third kappa shape index (κ3) is 2.82. The van der Waals surface area contributed by atoms with Crippen LogP contribution in [0, 0.1) is 16.7 Å². The van der Waals surface area contributed by atoms with E-state index in [0.29, 0.717) is 29.3 Å². The van der Waals surface area contributed by atoms with Crippen LogP contribution < -0.4 is 0 Å². The molecule has 0 aromatic carbocycles.